The van der Waals surface area contributed by atoms with E-state index in [1.54, 1.807) is 6.07 Å². The number of esters is 1. The summed E-state index contributed by atoms with van der Waals surface area (Å²) >= 11 is 0. The van der Waals surface area contributed by atoms with Crippen molar-refractivity contribution in [1.82, 2.24) is 0 Å². The first-order chi connectivity index (χ1) is 17.1. The van der Waals surface area contributed by atoms with Crippen LogP contribution in [0.4, 0.5) is 8.78 Å². The van der Waals surface area contributed by atoms with Gasteiger partial charge in [0.15, 0.2) is 19.7 Å². The topological polar surface area (TPSA) is 48.7 Å². The maximum Gasteiger partial charge on any atom is 0.343 e. The number of rotatable bonds is 8. The lowest BCUT2D eigenvalue weighted by Crippen LogP contribution is -2.41. The summed E-state index contributed by atoms with van der Waals surface area (Å²) in [7, 11) is -1.98. The van der Waals surface area contributed by atoms with E-state index in [1.807, 2.05) is 13.0 Å². The summed E-state index contributed by atoms with van der Waals surface area (Å²) < 4.78 is 46.9. The van der Waals surface area contributed by atoms with Crippen LogP contribution in [0.5, 0.6) is 0 Å². The van der Waals surface area contributed by atoms with Gasteiger partial charge >= 0.3 is 5.97 Å². The van der Waals surface area contributed by atoms with Crippen molar-refractivity contribution in [2.24, 2.45) is 5.92 Å². The van der Waals surface area contributed by atoms with Gasteiger partial charge in [0.25, 0.3) is 0 Å². The quantitative estimate of drug-likeness (QED) is 0.217. The van der Waals surface area contributed by atoms with E-state index in [2.05, 4.69) is 47.7 Å². The van der Waals surface area contributed by atoms with E-state index in [1.165, 1.54) is 12.1 Å². The maximum absolute atomic E-state index is 14.1. The van der Waals surface area contributed by atoms with E-state index in [0.717, 1.165) is 18.1 Å². The van der Waals surface area contributed by atoms with Crippen molar-refractivity contribution in [2.45, 2.75) is 84.5 Å². The van der Waals surface area contributed by atoms with Crippen molar-refractivity contribution in [2.75, 3.05) is 6.61 Å². The van der Waals surface area contributed by atoms with Crippen LogP contribution in [0, 0.1) is 17.6 Å². The molecule has 0 saturated heterocycles. The molecule has 0 spiro atoms. The minimum Gasteiger partial charge on any atom is -0.456 e. The lowest BCUT2D eigenvalue weighted by Gasteiger charge is -2.36. The highest BCUT2D eigenvalue weighted by Gasteiger charge is 2.47. The van der Waals surface area contributed by atoms with Gasteiger partial charge in [-0.1, -0.05) is 34.6 Å². The van der Waals surface area contributed by atoms with Crippen molar-refractivity contribution in [3.8, 4) is 11.1 Å². The van der Waals surface area contributed by atoms with E-state index in [9.17, 15) is 13.6 Å². The van der Waals surface area contributed by atoms with Gasteiger partial charge in [0.05, 0.1) is 0 Å². The van der Waals surface area contributed by atoms with Gasteiger partial charge in [0, 0.05) is 18.1 Å². The molecular formula is C30H38F2O4Si. The molecule has 4 nitrogen and oxygen atoms in total. The summed E-state index contributed by atoms with van der Waals surface area (Å²) in [4.78, 5) is 13.1. The Bertz CT molecular complexity index is 1320. The van der Waals surface area contributed by atoms with Crippen molar-refractivity contribution in [1.29, 1.82) is 0 Å². The lowest BCUT2D eigenvalue weighted by atomic mass is 9.92. The van der Waals surface area contributed by atoms with Crippen LogP contribution >= 0.6 is 0 Å². The molecule has 0 aliphatic carbocycles. The highest BCUT2D eigenvalue weighted by Crippen LogP contribution is 2.47. The minimum absolute atomic E-state index is 0.0666. The van der Waals surface area contributed by atoms with Crippen LogP contribution in [0.15, 0.2) is 34.7 Å². The van der Waals surface area contributed by atoms with Crippen molar-refractivity contribution >= 4 is 25.3 Å². The van der Waals surface area contributed by atoms with Gasteiger partial charge in [-0.25, -0.2) is 13.6 Å². The summed E-state index contributed by atoms with van der Waals surface area (Å²) in [6.07, 6.45) is 2.06. The number of benzene rings is 2. The second-order valence-corrected chi connectivity index (χ2v) is 17.2. The molecule has 1 atom stereocenters. The summed E-state index contributed by atoms with van der Waals surface area (Å²) in [5.74, 6) is -0.762. The zero-order valence-corrected chi connectivity index (χ0v) is 24.2. The molecule has 0 radical (unpaired) electrons. The molecule has 0 N–H and O–H groups in total. The number of fused-ring (bicyclic) bond motifs is 3. The first kappa shape index (κ1) is 27.5. The fourth-order valence-corrected chi connectivity index (χ4v) is 5.63. The molecule has 7 heteroatoms. The molecule has 1 aliphatic rings. The first-order valence-corrected chi connectivity index (χ1v) is 16.0. The fraction of sp³-hybridized carbons (Fsp3) is 0.500. The smallest absolute Gasteiger partial charge is 0.343 e. The number of carbonyl (C=O) groups is 1. The highest BCUT2D eigenvalue weighted by atomic mass is 28.4. The number of hydrogen-bond donors (Lipinski definition) is 0. The molecule has 2 aromatic carbocycles. The van der Waals surface area contributed by atoms with E-state index >= 15 is 0 Å². The molecule has 3 aromatic rings. The monoisotopic (exact) mass is 528 g/mol. The Morgan fingerprint density at radius 2 is 1.65 bits per heavy atom. The number of hydrogen-bond acceptors (Lipinski definition) is 4. The van der Waals surface area contributed by atoms with Crippen molar-refractivity contribution in [3.63, 3.8) is 0 Å². The molecular weight excluding hydrogens is 490 g/mol. The largest absolute Gasteiger partial charge is 0.456 e. The van der Waals surface area contributed by atoms with Crippen LogP contribution in [0.2, 0.25) is 18.1 Å². The van der Waals surface area contributed by atoms with Gasteiger partial charge in [0.1, 0.15) is 22.8 Å². The zero-order valence-electron chi connectivity index (χ0n) is 23.2. The average molecular weight is 529 g/mol. The van der Waals surface area contributed by atoms with Gasteiger partial charge in [-0.05, 0) is 91.2 Å². The molecule has 0 fully saturated rings. The molecule has 1 aliphatic heterocycles. The Kier molecular flexibility index (Phi) is 7.18. The second-order valence-electron chi connectivity index (χ2n) is 12.4. The van der Waals surface area contributed by atoms with Crippen LogP contribution in [-0.2, 0) is 21.2 Å². The van der Waals surface area contributed by atoms with Crippen LogP contribution in [0.25, 0.3) is 22.1 Å². The number of cyclic esters (lactones) is 1. The van der Waals surface area contributed by atoms with E-state index in [0.29, 0.717) is 58.8 Å². The summed E-state index contributed by atoms with van der Waals surface area (Å²) in [6, 6.07) is 7.11. The fourth-order valence-electron chi connectivity index (χ4n) is 4.58. The highest BCUT2D eigenvalue weighted by molar-refractivity contribution is 6.74. The Balaban J connectivity index is 1.82. The molecule has 1 aromatic heterocycles. The van der Waals surface area contributed by atoms with Gasteiger partial charge in [-0.2, -0.15) is 0 Å². The lowest BCUT2D eigenvalue weighted by molar-refractivity contribution is -0.0134. The number of halogens is 2. The minimum atomic E-state index is -1.98. The maximum atomic E-state index is 14.1. The molecule has 200 valence electrons. The predicted octanol–water partition coefficient (Wildman–Crippen LogP) is 8.76. The predicted molar refractivity (Wildman–Crippen MR) is 145 cm³/mol. The second kappa shape index (κ2) is 9.66. The van der Waals surface area contributed by atoms with Crippen LogP contribution < -0.4 is 0 Å². The first-order valence-electron chi connectivity index (χ1n) is 13.0. The summed E-state index contributed by atoms with van der Waals surface area (Å²) in [6.45, 7) is 17.6. The van der Waals surface area contributed by atoms with Gasteiger partial charge in [-0.3, -0.25) is 0 Å². The van der Waals surface area contributed by atoms with Crippen LogP contribution in [-0.4, -0.2) is 20.9 Å². The zero-order chi connectivity index (χ0) is 27.3. The van der Waals surface area contributed by atoms with Crippen LogP contribution in [0.1, 0.15) is 76.1 Å². The molecule has 0 bridgehead atoms. The third-order valence-corrected chi connectivity index (χ3v) is 12.4. The van der Waals surface area contributed by atoms with Gasteiger partial charge in [-0.15, -0.1) is 0 Å². The number of furan rings is 1. The standard InChI is InChI=1S/C30H38F2O4Si/c1-18(2)9-11-30(6)27-25(28(33)36-30)24-16-20(21-14-22(31)17-23(32)15-21)13-19(26(24)35-27)10-12-34-37(7,8)29(3,4)5/h13-18H,9-12H2,1-8H3. The molecule has 2 heterocycles. The Morgan fingerprint density at radius 1 is 1.03 bits per heavy atom. The van der Waals surface area contributed by atoms with Crippen molar-refractivity contribution < 1.29 is 27.2 Å². The Hall–Kier alpha value is -2.51. The molecule has 1 unspecified atom stereocenters. The Labute approximate surface area is 219 Å². The van der Waals surface area contributed by atoms with Gasteiger partial charge in [0.2, 0.25) is 0 Å². The van der Waals surface area contributed by atoms with E-state index in [4.69, 9.17) is 13.6 Å². The number of carbonyl (C=O) groups excluding carboxylic acids is 1. The third kappa shape index (κ3) is 5.39. The normalized spacial score (nSPS) is 18.1. The average Bonchev–Trinajstić information content (AvgIpc) is 3.27. The molecule has 0 saturated carbocycles. The summed E-state index contributed by atoms with van der Waals surface area (Å²) in [5.41, 5.74) is 2.01. The Morgan fingerprint density at radius 3 is 2.24 bits per heavy atom. The number of ether oxygens (including phenoxy) is 1. The van der Waals surface area contributed by atoms with E-state index in [-0.39, 0.29) is 5.04 Å². The molecule has 4 rings (SSSR count). The molecule has 0 amide bonds. The molecule has 37 heavy (non-hydrogen) atoms. The summed E-state index contributed by atoms with van der Waals surface area (Å²) in [5, 5.41) is 0.676. The third-order valence-electron chi connectivity index (χ3n) is 7.90. The van der Waals surface area contributed by atoms with Crippen LogP contribution in [0.3, 0.4) is 0 Å². The van der Waals surface area contributed by atoms with Crippen molar-refractivity contribution in [3.05, 3.63) is 58.9 Å². The SMILES string of the molecule is CC(C)CCC1(C)OC(=O)c2c1oc1c(CCO[Si](C)(C)C(C)(C)C)cc(-c3cc(F)cc(F)c3)cc21. The van der Waals surface area contributed by atoms with E-state index < -0.39 is 31.5 Å². The van der Waals surface area contributed by atoms with Gasteiger partial charge < -0.3 is 13.6 Å².